The third-order valence-electron chi connectivity index (χ3n) is 3.00. The van der Waals surface area contributed by atoms with Crippen LogP contribution in [0.2, 0.25) is 0 Å². The van der Waals surface area contributed by atoms with Crippen LogP contribution in [0.25, 0.3) is 10.9 Å². The first-order valence-corrected chi connectivity index (χ1v) is 5.65. The minimum absolute atomic E-state index is 0.0220. The molecule has 0 N–H and O–H groups in total. The van der Waals surface area contributed by atoms with Crippen molar-refractivity contribution in [2.24, 2.45) is 7.05 Å². The van der Waals surface area contributed by atoms with Crippen LogP contribution in [0.15, 0.2) is 23.0 Å². The summed E-state index contributed by atoms with van der Waals surface area (Å²) >= 11 is 0. The van der Waals surface area contributed by atoms with Crippen LogP contribution >= 0.6 is 0 Å². The summed E-state index contributed by atoms with van der Waals surface area (Å²) in [4.78, 5) is 23.5. The number of fused-ring (bicyclic) bond motifs is 1. The first kappa shape index (κ1) is 11.6. The van der Waals surface area contributed by atoms with Crippen molar-refractivity contribution in [3.05, 3.63) is 34.1 Å². The Bertz CT molecular complexity index is 647. The van der Waals surface area contributed by atoms with E-state index in [0.717, 1.165) is 5.52 Å². The van der Waals surface area contributed by atoms with Crippen LogP contribution in [0.1, 0.15) is 37.2 Å². The van der Waals surface area contributed by atoms with E-state index in [0.29, 0.717) is 10.9 Å². The Morgan fingerprint density at radius 3 is 2.47 bits per heavy atom. The minimum atomic E-state index is -0.0411. The van der Waals surface area contributed by atoms with Gasteiger partial charge >= 0.3 is 0 Å². The number of aryl methyl sites for hydroxylation is 1. The second-order valence-electron chi connectivity index (χ2n) is 4.56. The Kier molecular flexibility index (Phi) is 2.65. The molecule has 0 amide bonds. The van der Waals surface area contributed by atoms with Gasteiger partial charge in [0.1, 0.15) is 0 Å². The smallest absolute Gasteiger partial charge is 0.274 e. The highest BCUT2D eigenvalue weighted by molar-refractivity contribution is 5.97. The quantitative estimate of drug-likeness (QED) is 0.744. The lowest BCUT2D eigenvalue weighted by atomic mass is 10.1. The zero-order valence-electron chi connectivity index (χ0n) is 10.5. The molecular weight excluding hydrogens is 216 g/mol. The molecule has 4 heteroatoms. The van der Waals surface area contributed by atoms with Gasteiger partial charge in [-0.2, -0.15) is 0 Å². The number of carbonyl (C=O) groups is 1. The Hall–Kier alpha value is -1.84. The average molecular weight is 232 g/mol. The average Bonchev–Trinajstić information content (AvgIpc) is 2.51. The summed E-state index contributed by atoms with van der Waals surface area (Å²) in [6.45, 7) is 5.43. The van der Waals surface area contributed by atoms with Crippen molar-refractivity contribution in [3.8, 4) is 0 Å². The van der Waals surface area contributed by atoms with Crippen LogP contribution in [-0.2, 0) is 7.05 Å². The van der Waals surface area contributed by atoms with Gasteiger partial charge in [0.25, 0.3) is 5.56 Å². The molecule has 0 aliphatic heterocycles. The largest absolute Gasteiger partial charge is 0.295 e. The molecule has 0 atom stereocenters. The number of carbonyl (C=O) groups excluding carboxylic acids is 1. The van der Waals surface area contributed by atoms with Crippen LogP contribution in [0, 0.1) is 0 Å². The zero-order valence-corrected chi connectivity index (χ0v) is 10.5. The number of aromatic nitrogens is 2. The minimum Gasteiger partial charge on any atom is -0.295 e. The predicted molar refractivity (Wildman–Crippen MR) is 67.6 cm³/mol. The molecule has 4 nitrogen and oxygen atoms in total. The topological polar surface area (TPSA) is 44.0 Å². The summed E-state index contributed by atoms with van der Waals surface area (Å²) in [6, 6.07) is 5.36. The van der Waals surface area contributed by atoms with E-state index < -0.39 is 0 Å². The van der Waals surface area contributed by atoms with Crippen LogP contribution in [0.3, 0.4) is 0 Å². The monoisotopic (exact) mass is 232 g/mol. The van der Waals surface area contributed by atoms with Gasteiger partial charge < -0.3 is 0 Å². The molecule has 0 aliphatic rings. The van der Waals surface area contributed by atoms with Gasteiger partial charge in [0.15, 0.2) is 5.78 Å². The maximum absolute atomic E-state index is 12.2. The van der Waals surface area contributed by atoms with Crippen LogP contribution < -0.4 is 5.56 Å². The van der Waals surface area contributed by atoms with Crippen LogP contribution in [0.4, 0.5) is 0 Å². The molecule has 0 fully saturated rings. The first-order chi connectivity index (χ1) is 7.93. The van der Waals surface area contributed by atoms with Crippen molar-refractivity contribution in [2.75, 3.05) is 0 Å². The predicted octanol–water partition coefficient (Wildman–Crippen LogP) is 2.12. The molecule has 1 aromatic carbocycles. The molecule has 0 saturated heterocycles. The highest BCUT2D eigenvalue weighted by atomic mass is 16.1. The normalized spacial score (nSPS) is 11.4. The molecule has 0 spiro atoms. The fourth-order valence-electron chi connectivity index (χ4n) is 2.17. The molecule has 1 aromatic heterocycles. The summed E-state index contributed by atoms with van der Waals surface area (Å²) in [6.07, 6.45) is 0. The number of hydrogen-bond donors (Lipinski definition) is 0. The lowest BCUT2D eigenvalue weighted by Crippen LogP contribution is -2.23. The standard InChI is InChI=1S/C13H16N2O2/c1-8(2)15-13(17)11-7-10(9(3)16)5-6-12(11)14(15)4/h5-8H,1-4H3. The molecule has 0 unspecified atom stereocenters. The van der Waals surface area contributed by atoms with E-state index in [1.807, 2.05) is 31.6 Å². The maximum atomic E-state index is 12.2. The molecular formula is C13H16N2O2. The number of ketones is 1. The van der Waals surface area contributed by atoms with Crippen molar-refractivity contribution >= 4 is 16.7 Å². The van der Waals surface area contributed by atoms with Gasteiger partial charge in [0.05, 0.1) is 10.9 Å². The Balaban J connectivity index is 2.84. The molecule has 2 rings (SSSR count). The van der Waals surface area contributed by atoms with Gasteiger partial charge in [0, 0.05) is 18.7 Å². The van der Waals surface area contributed by atoms with Crippen molar-refractivity contribution in [1.82, 2.24) is 9.36 Å². The van der Waals surface area contributed by atoms with E-state index in [1.165, 1.54) is 6.92 Å². The Labute approximate surface area is 99.4 Å². The van der Waals surface area contributed by atoms with Crippen LogP contribution in [-0.4, -0.2) is 15.1 Å². The third kappa shape index (κ3) is 1.69. The number of Topliss-reactive ketones (excluding diaryl/α,β-unsaturated/α-hetero) is 1. The number of hydrogen-bond acceptors (Lipinski definition) is 2. The Morgan fingerprint density at radius 1 is 1.29 bits per heavy atom. The van der Waals surface area contributed by atoms with E-state index in [-0.39, 0.29) is 17.4 Å². The third-order valence-corrected chi connectivity index (χ3v) is 3.00. The summed E-state index contributed by atoms with van der Waals surface area (Å²) in [5, 5.41) is 0.605. The molecule has 90 valence electrons. The highest BCUT2D eigenvalue weighted by Crippen LogP contribution is 2.15. The van der Waals surface area contributed by atoms with Gasteiger partial charge in [-0.1, -0.05) is 0 Å². The highest BCUT2D eigenvalue weighted by Gasteiger charge is 2.13. The maximum Gasteiger partial charge on any atom is 0.274 e. The van der Waals surface area contributed by atoms with E-state index in [9.17, 15) is 9.59 Å². The van der Waals surface area contributed by atoms with Gasteiger partial charge in [-0.3, -0.25) is 14.3 Å². The summed E-state index contributed by atoms with van der Waals surface area (Å²) in [7, 11) is 1.86. The lowest BCUT2D eigenvalue weighted by molar-refractivity contribution is 0.101. The first-order valence-electron chi connectivity index (χ1n) is 5.65. The van der Waals surface area contributed by atoms with Crippen LogP contribution in [0.5, 0.6) is 0 Å². The Morgan fingerprint density at radius 2 is 1.94 bits per heavy atom. The van der Waals surface area contributed by atoms with E-state index >= 15 is 0 Å². The van der Waals surface area contributed by atoms with E-state index in [2.05, 4.69) is 0 Å². The molecule has 0 bridgehead atoms. The fraction of sp³-hybridized carbons (Fsp3) is 0.385. The molecule has 2 aromatic rings. The van der Waals surface area contributed by atoms with E-state index in [1.54, 1.807) is 16.8 Å². The molecule has 17 heavy (non-hydrogen) atoms. The second-order valence-corrected chi connectivity index (χ2v) is 4.56. The summed E-state index contributed by atoms with van der Waals surface area (Å²) in [5.41, 5.74) is 1.39. The summed E-state index contributed by atoms with van der Waals surface area (Å²) < 4.78 is 3.53. The molecule has 0 saturated carbocycles. The van der Waals surface area contributed by atoms with Gasteiger partial charge in [-0.25, -0.2) is 4.68 Å². The van der Waals surface area contributed by atoms with Crippen molar-refractivity contribution in [1.29, 1.82) is 0 Å². The van der Waals surface area contributed by atoms with Gasteiger partial charge in [0.2, 0.25) is 0 Å². The van der Waals surface area contributed by atoms with Gasteiger partial charge in [-0.15, -0.1) is 0 Å². The van der Waals surface area contributed by atoms with Crippen molar-refractivity contribution < 1.29 is 4.79 Å². The zero-order chi connectivity index (χ0) is 12.7. The molecule has 0 radical (unpaired) electrons. The summed E-state index contributed by atoms with van der Waals surface area (Å²) in [5.74, 6) is -0.0220. The SMILES string of the molecule is CC(=O)c1ccc2c(c1)c(=O)n(C(C)C)n2C. The van der Waals surface area contributed by atoms with Crippen molar-refractivity contribution in [2.45, 2.75) is 26.8 Å². The fourth-order valence-corrected chi connectivity index (χ4v) is 2.17. The molecule has 0 aliphatic carbocycles. The molecule has 1 heterocycles. The number of rotatable bonds is 2. The van der Waals surface area contributed by atoms with E-state index in [4.69, 9.17) is 0 Å². The number of nitrogens with zero attached hydrogens (tertiary/aromatic N) is 2. The second kappa shape index (κ2) is 3.87. The van der Waals surface area contributed by atoms with Crippen molar-refractivity contribution in [3.63, 3.8) is 0 Å². The number of benzene rings is 1. The van der Waals surface area contributed by atoms with Gasteiger partial charge in [-0.05, 0) is 39.0 Å². The lowest BCUT2D eigenvalue weighted by Gasteiger charge is -2.10.